The van der Waals surface area contributed by atoms with Gasteiger partial charge in [-0.15, -0.1) is 11.3 Å². The van der Waals surface area contributed by atoms with Gasteiger partial charge in [0.15, 0.2) is 5.13 Å². The number of anilines is 1. The predicted octanol–water partition coefficient (Wildman–Crippen LogP) is 2.14. The van der Waals surface area contributed by atoms with E-state index in [-0.39, 0.29) is 11.9 Å². The van der Waals surface area contributed by atoms with Crippen molar-refractivity contribution in [1.82, 2.24) is 15.2 Å². The van der Waals surface area contributed by atoms with Crippen LogP contribution < -0.4 is 10.2 Å². The number of nitrogens with zero attached hydrogens (tertiary/aromatic N) is 3. The molecule has 1 saturated heterocycles. The lowest BCUT2D eigenvalue weighted by molar-refractivity contribution is -0.123. The fraction of sp³-hybridized carbons (Fsp3) is 0.412. The molecule has 1 aliphatic rings. The molecule has 2 aromatic rings. The van der Waals surface area contributed by atoms with Crippen LogP contribution in [0.2, 0.25) is 0 Å². The third-order valence-electron chi connectivity index (χ3n) is 4.11. The summed E-state index contributed by atoms with van der Waals surface area (Å²) in [5, 5.41) is 6.15. The first kappa shape index (κ1) is 16.0. The van der Waals surface area contributed by atoms with E-state index in [1.165, 1.54) is 0 Å². The van der Waals surface area contributed by atoms with Crippen LogP contribution in [0.1, 0.15) is 18.5 Å². The van der Waals surface area contributed by atoms with E-state index >= 15 is 0 Å². The summed E-state index contributed by atoms with van der Waals surface area (Å²) in [6.45, 7) is 6.13. The molecule has 122 valence electrons. The zero-order chi connectivity index (χ0) is 16.1. The molecule has 1 unspecified atom stereocenters. The van der Waals surface area contributed by atoms with Crippen LogP contribution in [0.4, 0.5) is 5.13 Å². The third kappa shape index (κ3) is 4.30. The molecule has 23 heavy (non-hydrogen) atoms. The molecule has 1 aromatic carbocycles. The largest absolute Gasteiger partial charge is 0.348 e. The molecule has 2 heterocycles. The zero-order valence-corrected chi connectivity index (χ0v) is 14.1. The Morgan fingerprint density at radius 2 is 2.00 bits per heavy atom. The Kier molecular flexibility index (Phi) is 5.25. The molecule has 5 nitrogen and oxygen atoms in total. The molecule has 1 amide bonds. The van der Waals surface area contributed by atoms with Crippen molar-refractivity contribution < 1.29 is 4.79 Å². The lowest BCUT2D eigenvalue weighted by Gasteiger charge is -2.34. The second kappa shape index (κ2) is 7.57. The number of nitrogens with one attached hydrogen (secondary N) is 1. The van der Waals surface area contributed by atoms with Crippen molar-refractivity contribution in [3.63, 3.8) is 0 Å². The molecule has 6 heteroatoms. The van der Waals surface area contributed by atoms with E-state index < -0.39 is 0 Å². The molecule has 3 rings (SSSR count). The second-order valence-corrected chi connectivity index (χ2v) is 6.65. The standard InChI is InChI=1S/C17H22N4OS/c1-14(15-5-3-2-4-6-15)19-16(22)13-20-8-10-21(11-9-20)17-18-7-12-23-17/h2-7,12,14H,8-11,13H2,1H3,(H,19,22). The van der Waals surface area contributed by atoms with E-state index in [1.54, 1.807) is 11.3 Å². The summed E-state index contributed by atoms with van der Waals surface area (Å²) >= 11 is 1.67. The van der Waals surface area contributed by atoms with Gasteiger partial charge >= 0.3 is 0 Å². The van der Waals surface area contributed by atoms with Crippen molar-refractivity contribution in [2.45, 2.75) is 13.0 Å². The Balaban J connectivity index is 1.44. The number of benzene rings is 1. The van der Waals surface area contributed by atoms with Gasteiger partial charge in [-0.2, -0.15) is 0 Å². The van der Waals surface area contributed by atoms with Gasteiger partial charge < -0.3 is 10.2 Å². The van der Waals surface area contributed by atoms with Gasteiger partial charge in [0, 0.05) is 37.8 Å². The van der Waals surface area contributed by atoms with Crippen molar-refractivity contribution in [2.75, 3.05) is 37.6 Å². The van der Waals surface area contributed by atoms with E-state index in [4.69, 9.17) is 0 Å². The molecule has 1 atom stereocenters. The van der Waals surface area contributed by atoms with E-state index in [9.17, 15) is 4.79 Å². The molecule has 1 N–H and O–H groups in total. The van der Waals surface area contributed by atoms with Crippen LogP contribution in [0, 0.1) is 0 Å². The predicted molar refractivity (Wildman–Crippen MR) is 93.8 cm³/mol. The minimum Gasteiger partial charge on any atom is -0.348 e. The normalized spacial score (nSPS) is 17.0. The Hall–Kier alpha value is -1.92. The van der Waals surface area contributed by atoms with Gasteiger partial charge in [-0.25, -0.2) is 4.98 Å². The van der Waals surface area contributed by atoms with Crippen LogP contribution >= 0.6 is 11.3 Å². The van der Waals surface area contributed by atoms with Gasteiger partial charge in [-0.3, -0.25) is 9.69 Å². The summed E-state index contributed by atoms with van der Waals surface area (Å²) in [5.41, 5.74) is 1.13. The minimum atomic E-state index is 0.0420. The summed E-state index contributed by atoms with van der Waals surface area (Å²) in [7, 11) is 0. The lowest BCUT2D eigenvalue weighted by Crippen LogP contribution is -2.49. The van der Waals surface area contributed by atoms with Crippen molar-refractivity contribution in [3.8, 4) is 0 Å². The molecular formula is C17H22N4OS. The molecule has 0 aliphatic carbocycles. The first-order chi connectivity index (χ1) is 11.2. The average Bonchev–Trinajstić information content (AvgIpc) is 3.11. The Morgan fingerprint density at radius 3 is 2.65 bits per heavy atom. The first-order valence-corrected chi connectivity index (χ1v) is 8.81. The molecule has 1 fully saturated rings. The zero-order valence-electron chi connectivity index (χ0n) is 13.3. The third-order valence-corrected chi connectivity index (χ3v) is 4.94. The quantitative estimate of drug-likeness (QED) is 0.912. The van der Waals surface area contributed by atoms with Gasteiger partial charge in [-0.05, 0) is 12.5 Å². The minimum absolute atomic E-state index is 0.0420. The van der Waals surface area contributed by atoms with Crippen LogP contribution in [0.25, 0.3) is 0 Å². The number of rotatable bonds is 5. The topological polar surface area (TPSA) is 48.5 Å². The first-order valence-electron chi connectivity index (χ1n) is 7.93. The maximum absolute atomic E-state index is 12.2. The van der Waals surface area contributed by atoms with Gasteiger partial charge in [0.25, 0.3) is 0 Å². The summed E-state index contributed by atoms with van der Waals surface area (Å²) < 4.78 is 0. The van der Waals surface area contributed by atoms with Crippen LogP contribution in [0.5, 0.6) is 0 Å². The maximum atomic E-state index is 12.2. The van der Waals surface area contributed by atoms with Gasteiger partial charge in [0.1, 0.15) is 0 Å². The van der Waals surface area contributed by atoms with E-state index in [1.807, 2.05) is 48.8 Å². The highest BCUT2D eigenvalue weighted by Crippen LogP contribution is 2.18. The number of hydrogen-bond acceptors (Lipinski definition) is 5. The summed E-state index contributed by atoms with van der Waals surface area (Å²) in [6, 6.07) is 10.1. The SMILES string of the molecule is CC(NC(=O)CN1CCN(c2nccs2)CC1)c1ccccc1. The van der Waals surface area contributed by atoms with Gasteiger partial charge in [0.05, 0.1) is 12.6 Å². The van der Waals surface area contributed by atoms with Crippen LogP contribution in [0.15, 0.2) is 41.9 Å². The number of thiazole rings is 1. The summed E-state index contributed by atoms with van der Waals surface area (Å²) in [6.07, 6.45) is 1.84. The number of carbonyl (C=O) groups excluding carboxylic acids is 1. The molecule has 0 saturated carbocycles. The molecule has 1 aromatic heterocycles. The number of piperazine rings is 1. The highest BCUT2D eigenvalue weighted by atomic mass is 32.1. The smallest absolute Gasteiger partial charge is 0.234 e. The van der Waals surface area contributed by atoms with Crippen molar-refractivity contribution in [3.05, 3.63) is 47.5 Å². The highest BCUT2D eigenvalue weighted by Gasteiger charge is 2.21. The number of amides is 1. The molecule has 0 bridgehead atoms. The Bertz CT molecular complexity index is 609. The second-order valence-electron chi connectivity index (χ2n) is 5.78. The summed E-state index contributed by atoms with van der Waals surface area (Å²) in [4.78, 5) is 21.1. The number of aromatic nitrogens is 1. The molecule has 0 radical (unpaired) electrons. The molecular weight excluding hydrogens is 308 g/mol. The van der Waals surface area contributed by atoms with Crippen LogP contribution in [0.3, 0.4) is 0 Å². The fourth-order valence-corrected chi connectivity index (χ4v) is 3.48. The molecule has 1 aliphatic heterocycles. The van der Waals surface area contributed by atoms with Gasteiger partial charge in [0.2, 0.25) is 5.91 Å². The van der Waals surface area contributed by atoms with E-state index in [0.29, 0.717) is 6.54 Å². The summed E-state index contributed by atoms with van der Waals surface area (Å²) in [5.74, 6) is 0.0871. The lowest BCUT2D eigenvalue weighted by atomic mass is 10.1. The Labute approximate surface area is 140 Å². The monoisotopic (exact) mass is 330 g/mol. The Morgan fingerprint density at radius 1 is 1.26 bits per heavy atom. The van der Waals surface area contributed by atoms with Gasteiger partial charge in [-0.1, -0.05) is 30.3 Å². The van der Waals surface area contributed by atoms with Crippen molar-refractivity contribution in [1.29, 1.82) is 0 Å². The van der Waals surface area contributed by atoms with E-state index in [2.05, 4.69) is 20.1 Å². The fourth-order valence-electron chi connectivity index (χ4n) is 2.78. The van der Waals surface area contributed by atoms with Crippen LogP contribution in [-0.2, 0) is 4.79 Å². The van der Waals surface area contributed by atoms with Crippen molar-refractivity contribution >= 4 is 22.4 Å². The average molecular weight is 330 g/mol. The van der Waals surface area contributed by atoms with Crippen LogP contribution in [-0.4, -0.2) is 48.5 Å². The molecule has 0 spiro atoms. The maximum Gasteiger partial charge on any atom is 0.234 e. The highest BCUT2D eigenvalue weighted by molar-refractivity contribution is 7.13. The van der Waals surface area contributed by atoms with E-state index in [0.717, 1.165) is 36.9 Å². The van der Waals surface area contributed by atoms with Crippen molar-refractivity contribution in [2.24, 2.45) is 0 Å². The number of carbonyl (C=O) groups is 1. The number of hydrogen-bond donors (Lipinski definition) is 1.